The van der Waals surface area contributed by atoms with Crippen molar-refractivity contribution in [2.45, 2.75) is 18.7 Å². The Morgan fingerprint density at radius 3 is 2.66 bits per heavy atom. The number of benzene rings is 1. The molecule has 29 heavy (non-hydrogen) atoms. The molecular weight excluding hydrogens is 418 g/mol. The number of aromatic nitrogens is 1. The maximum Gasteiger partial charge on any atom is 0.350 e. The van der Waals surface area contributed by atoms with E-state index in [1.54, 1.807) is 26.0 Å². The minimum absolute atomic E-state index is 0.0740. The molecule has 0 saturated carbocycles. The van der Waals surface area contributed by atoms with Crippen LogP contribution in [0.4, 0.5) is 5.69 Å². The molecule has 0 atom stereocenters. The molecule has 156 valence electrons. The zero-order valence-electron chi connectivity index (χ0n) is 16.0. The number of amides is 1. The molecule has 3 rings (SSSR count). The Balaban J connectivity index is 1.61. The van der Waals surface area contributed by atoms with Crippen molar-refractivity contribution >= 4 is 38.9 Å². The fourth-order valence-electron chi connectivity index (χ4n) is 2.78. The predicted molar refractivity (Wildman–Crippen MR) is 107 cm³/mol. The highest BCUT2D eigenvalue weighted by molar-refractivity contribution is 7.89. The summed E-state index contributed by atoms with van der Waals surface area (Å²) >= 11 is 1.20. The molecule has 1 saturated heterocycles. The molecule has 1 aliphatic rings. The van der Waals surface area contributed by atoms with E-state index in [9.17, 15) is 18.0 Å². The van der Waals surface area contributed by atoms with Crippen LogP contribution < -0.4 is 5.32 Å². The highest BCUT2D eigenvalue weighted by atomic mass is 32.2. The SMILES string of the molecule is Cc1nc(C)c(C(=O)OCC(=O)Nc2cccc(S(=O)(=O)N3CCOCC3)c2)s1. The Morgan fingerprint density at radius 2 is 2.00 bits per heavy atom. The number of nitrogens with zero attached hydrogens (tertiary/aromatic N) is 2. The van der Waals surface area contributed by atoms with Crippen molar-refractivity contribution < 1.29 is 27.5 Å². The molecule has 1 amide bonds. The number of nitrogens with one attached hydrogen (secondary N) is 1. The summed E-state index contributed by atoms with van der Waals surface area (Å²) < 4.78 is 37.0. The summed E-state index contributed by atoms with van der Waals surface area (Å²) in [4.78, 5) is 28.8. The van der Waals surface area contributed by atoms with E-state index in [2.05, 4.69) is 10.3 Å². The van der Waals surface area contributed by atoms with Gasteiger partial charge in [0.1, 0.15) is 4.88 Å². The van der Waals surface area contributed by atoms with Gasteiger partial charge < -0.3 is 14.8 Å². The fourth-order valence-corrected chi connectivity index (χ4v) is 5.05. The Bertz CT molecular complexity index is 1010. The summed E-state index contributed by atoms with van der Waals surface area (Å²) in [6.07, 6.45) is 0. The zero-order valence-corrected chi connectivity index (χ0v) is 17.6. The average Bonchev–Trinajstić information content (AvgIpc) is 3.05. The Labute approximate surface area is 172 Å². The Kier molecular flexibility index (Phi) is 6.63. The molecule has 2 heterocycles. The molecule has 11 heteroatoms. The Hall–Kier alpha value is -2.34. The normalized spacial score (nSPS) is 15.1. The van der Waals surface area contributed by atoms with Gasteiger partial charge in [-0.1, -0.05) is 6.07 Å². The van der Waals surface area contributed by atoms with Crippen LogP contribution in [-0.2, 0) is 24.3 Å². The minimum atomic E-state index is -3.67. The van der Waals surface area contributed by atoms with E-state index < -0.39 is 28.5 Å². The number of esters is 1. The molecule has 1 aliphatic heterocycles. The van der Waals surface area contributed by atoms with Crippen molar-refractivity contribution in [1.29, 1.82) is 0 Å². The van der Waals surface area contributed by atoms with Crippen molar-refractivity contribution in [1.82, 2.24) is 9.29 Å². The number of rotatable bonds is 6. The third kappa shape index (κ3) is 5.18. The maximum absolute atomic E-state index is 12.7. The van der Waals surface area contributed by atoms with Crippen molar-refractivity contribution in [3.8, 4) is 0 Å². The van der Waals surface area contributed by atoms with Gasteiger partial charge in [0, 0.05) is 18.8 Å². The second-order valence-corrected chi connectivity index (χ2v) is 9.46. The number of sulfonamides is 1. The first-order valence-corrected chi connectivity index (χ1v) is 11.1. The van der Waals surface area contributed by atoms with E-state index in [0.29, 0.717) is 29.5 Å². The molecule has 1 aromatic heterocycles. The second-order valence-electron chi connectivity index (χ2n) is 6.32. The number of aryl methyl sites for hydroxylation is 2. The van der Waals surface area contributed by atoms with Gasteiger partial charge in [-0.15, -0.1) is 11.3 Å². The van der Waals surface area contributed by atoms with Crippen molar-refractivity contribution in [3.63, 3.8) is 0 Å². The number of hydrogen-bond donors (Lipinski definition) is 1. The van der Waals surface area contributed by atoms with Crippen LogP contribution in [0.15, 0.2) is 29.2 Å². The molecule has 2 aromatic rings. The Morgan fingerprint density at radius 1 is 1.28 bits per heavy atom. The average molecular weight is 440 g/mol. The van der Waals surface area contributed by atoms with Crippen LogP contribution in [0.2, 0.25) is 0 Å². The summed E-state index contributed by atoms with van der Waals surface area (Å²) in [6, 6.07) is 5.95. The first kappa shape index (κ1) is 21.4. The molecule has 0 unspecified atom stereocenters. The van der Waals surface area contributed by atoms with Gasteiger partial charge in [-0.3, -0.25) is 4.79 Å². The first-order chi connectivity index (χ1) is 13.8. The van der Waals surface area contributed by atoms with Crippen LogP contribution >= 0.6 is 11.3 Å². The molecule has 1 aromatic carbocycles. The van der Waals surface area contributed by atoms with E-state index in [1.807, 2.05) is 0 Å². The summed E-state index contributed by atoms with van der Waals surface area (Å²) in [5.41, 5.74) is 0.851. The van der Waals surface area contributed by atoms with Gasteiger partial charge in [-0.25, -0.2) is 18.2 Å². The van der Waals surface area contributed by atoms with Crippen molar-refractivity contribution in [2.24, 2.45) is 0 Å². The highest BCUT2D eigenvalue weighted by Crippen LogP contribution is 2.21. The molecular formula is C18H21N3O6S2. The standard InChI is InChI=1S/C18H21N3O6S2/c1-12-17(28-13(2)19-12)18(23)27-11-16(22)20-14-4-3-5-15(10-14)29(24,25)21-6-8-26-9-7-21/h3-5,10H,6-9,11H2,1-2H3,(H,20,22). The monoisotopic (exact) mass is 439 g/mol. The summed E-state index contributed by atoms with van der Waals surface area (Å²) in [6.45, 7) is 4.24. The predicted octanol–water partition coefficient (Wildman–Crippen LogP) is 1.58. The quantitative estimate of drug-likeness (QED) is 0.680. The van der Waals surface area contributed by atoms with E-state index in [0.717, 1.165) is 5.01 Å². The number of hydrogen-bond acceptors (Lipinski definition) is 8. The lowest BCUT2D eigenvalue weighted by molar-refractivity contribution is -0.119. The highest BCUT2D eigenvalue weighted by Gasteiger charge is 2.26. The number of anilines is 1. The topological polar surface area (TPSA) is 115 Å². The van der Waals surface area contributed by atoms with Gasteiger partial charge in [-0.2, -0.15) is 4.31 Å². The van der Waals surface area contributed by atoms with Crippen LogP contribution in [0.3, 0.4) is 0 Å². The summed E-state index contributed by atoms with van der Waals surface area (Å²) in [7, 11) is -3.67. The van der Waals surface area contributed by atoms with Gasteiger partial charge >= 0.3 is 5.97 Å². The van der Waals surface area contributed by atoms with Gasteiger partial charge in [0.05, 0.1) is 28.8 Å². The van der Waals surface area contributed by atoms with Gasteiger partial charge in [0.2, 0.25) is 10.0 Å². The van der Waals surface area contributed by atoms with Crippen LogP contribution in [0, 0.1) is 13.8 Å². The molecule has 0 bridgehead atoms. The zero-order chi connectivity index (χ0) is 21.0. The van der Waals surface area contributed by atoms with E-state index in [4.69, 9.17) is 9.47 Å². The number of ether oxygens (including phenoxy) is 2. The van der Waals surface area contributed by atoms with Crippen molar-refractivity contribution in [2.75, 3.05) is 38.2 Å². The minimum Gasteiger partial charge on any atom is -0.451 e. The van der Waals surface area contributed by atoms with E-state index >= 15 is 0 Å². The second kappa shape index (κ2) is 8.99. The molecule has 0 spiro atoms. The third-order valence-electron chi connectivity index (χ3n) is 4.15. The number of thiazole rings is 1. The largest absolute Gasteiger partial charge is 0.451 e. The molecule has 1 fully saturated rings. The molecule has 9 nitrogen and oxygen atoms in total. The number of morpholine rings is 1. The molecule has 0 aliphatic carbocycles. The lowest BCUT2D eigenvalue weighted by atomic mass is 10.3. The summed E-state index contributed by atoms with van der Waals surface area (Å²) in [5.74, 6) is -1.19. The maximum atomic E-state index is 12.7. The van der Waals surface area contributed by atoms with Crippen LogP contribution in [0.1, 0.15) is 20.4 Å². The lowest BCUT2D eigenvalue weighted by Crippen LogP contribution is -2.40. The number of carbonyl (C=O) groups excluding carboxylic acids is 2. The van der Waals surface area contributed by atoms with Gasteiger partial charge in [0.25, 0.3) is 5.91 Å². The van der Waals surface area contributed by atoms with E-state index in [-0.39, 0.29) is 18.0 Å². The van der Waals surface area contributed by atoms with Gasteiger partial charge in [0.15, 0.2) is 6.61 Å². The molecule has 0 radical (unpaired) electrons. The van der Waals surface area contributed by atoms with Crippen LogP contribution in [0.25, 0.3) is 0 Å². The third-order valence-corrected chi connectivity index (χ3v) is 7.10. The fraction of sp³-hybridized carbons (Fsp3) is 0.389. The van der Waals surface area contributed by atoms with Crippen molar-refractivity contribution in [3.05, 3.63) is 39.8 Å². The first-order valence-electron chi connectivity index (χ1n) is 8.86. The smallest absolute Gasteiger partial charge is 0.350 e. The van der Waals surface area contributed by atoms with Gasteiger partial charge in [-0.05, 0) is 32.0 Å². The summed E-state index contributed by atoms with van der Waals surface area (Å²) in [5, 5.41) is 3.28. The van der Waals surface area contributed by atoms with Crippen LogP contribution in [-0.4, -0.2) is 62.5 Å². The molecule has 1 N–H and O–H groups in total. The number of carbonyl (C=O) groups is 2. The van der Waals surface area contributed by atoms with E-state index in [1.165, 1.54) is 27.8 Å². The lowest BCUT2D eigenvalue weighted by Gasteiger charge is -2.26. The van der Waals surface area contributed by atoms with Crippen LogP contribution in [0.5, 0.6) is 0 Å².